The largest absolute Gasteiger partial charge is 0.496 e. The van der Waals surface area contributed by atoms with E-state index in [9.17, 15) is 19.6 Å². The van der Waals surface area contributed by atoms with Gasteiger partial charge in [0.15, 0.2) is 0 Å². The van der Waals surface area contributed by atoms with Crippen LogP contribution in [0.2, 0.25) is 5.02 Å². The maximum Gasteiger partial charge on any atom is 0.404 e. The lowest BCUT2D eigenvalue weighted by Gasteiger charge is -2.30. The highest BCUT2D eigenvalue weighted by Gasteiger charge is 2.28. The number of ether oxygens (including phenoxy) is 1. The summed E-state index contributed by atoms with van der Waals surface area (Å²) in [5, 5.41) is 30.3. The Kier molecular flexibility index (Phi) is 13.0. The van der Waals surface area contributed by atoms with E-state index < -0.39 is 18.0 Å². The summed E-state index contributed by atoms with van der Waals surface area (Å²) < 4.78 is 11.8. The highest BCUT2D eigenvalue weighted by atomic mass is 35.5. The van der Waals surface area contributed by atoms with Gasteiger partial charge in [-0.1, -0.05) is 53.6 Å². The molecule has 272 valence electrons. The second kappa shape index (κ2) is 17.8. The molecule has 3 aromatic carbocycles. The van der Waals surface area contributed by atoms with Gasteiger partial charge in [0.25, 0.3) is 5.91 Å². The SMILES string of the molecule is COc1cc(Cl)c(C(=O)NC(CCc2ccc(C#N)cc2)C(=O)NC2CCC(NC(=O)O)CC2)cc1-c1ccc(CN[C@H](C)c2ccc(C)cc2)o1. The number of halogens is 1. The van der Waals surface area contributed by atoms with Crippen LogP contribution in [0.25, 0.3) is 11.3 Å². The Morgan fingerprint density at radius 1 is 0.981 bits per heavy atom. The van der Waals surface area contributed by atoms with Crippen molar-refractivity contribution in [2.45, 2.75) is 83.1 Å². The van der Waals surface area contributed by atoms with E-state index in [1.165, 1.54) is 12.7 Å². The Balaban J connectivity index is 1.31. The van der Waals surface area contributed by atoms with Gasteiger partial charge in [-0.2, -0.15) is 5.26 Å². The van der Waals surface area contributed by atoms with Gasteiger partial charge in [0.1, 0.15) is 23.3 Å². The molecule has 1 fully saturated rings. The average Bonchev–Trinajstić information content (AvgIpc) is 3.62. The van der Waals surface area contributed by atoms with E-state index in [1.54, 1.807) is 24.3 Å². The summed E-state index contributed by atoms with van der Waals surface area (Å²) in [6, 6.07) is 23.3. The van der Waals surface area contributed by atoms with Crippen LogP contribution in [0.5, 0.6) is 5.75 Å². The molecule has 0 spiro atoms. The number of nitrogens with zero attached hydrogens (tertiary/aromatic N) is 1. The Bertz CT molecular complexity index is 1890. The zero-order valence-electron chi connectivity index (χ0n) is 29.5. The summed E-state index contributed by atoms with van der Waals surface area (Å²) in [5.74, 6) is 0.731. The maximum absolute atomic E-state index is 13.9. The first-order valence-electron chi connectivity index (χ1n) is 17.4. The number of nitrogens with one attached hydrogen (secondary N) is 4. The fraction of sp³-hybridized carbons (Fsp3) is 0.350. The van der Waals surface area contributed by atoms with E-state index in [1.807, 2.05) is 24.3 Å². The topological polar surface area (TPSA) is 166 Å². The van der Waals surface area contributed by atoms with E-state index >= 15 is 0 Å². The molecule has 0 saturated heterocycles. The lowest BCUT2D eigenvalue weighted by Crippen LogP contribution is -2.51. The molecule has 11 nitrogen and oxygen atoms in total. The molecular weight excluding hydrogens is 682 g/mol. The van der Waals surface area contributed by atoms with Gasteiger partial charge in [-0.25, -0.2) is 4.79 Å². The quantitative estimate of drug-likeness (QED) is 0.0921. The van der Waals surface area contributed by atoms with Crippen molar-refractivity contribution in [2.24, 2.45) is 0 Å². The van der Waals surface area contributed by atoms with Gasteiger partial charge in [0.2, 0.25) is 5.91 Å². The molecule has 3 amide bonds. The molecule has 1 saturated carbocycles. The van der Waals surface area contributed by atoms with E-state index in [0.29, 0.717) is 67.0 Å². The minimum absolute atomic E-state index is 0.0977. The molecule has 0 bridgehead atoms. The number of benzene rings is 3. The fourth-order valence-electron chi connectivity index (χ4n) is 6.36. The molecule has 2 atom stereocenters. The third-order valence-electron chi connectivity index (χ3n) is 9.45. The minimum Gasteiger partial charge on any atom is -0.496 e. The van der Waals surface area contributed by atoms with Crippen molar-refractivity contribution in [2.75, 3.05) is 7.11 Å². The molecular formula is C40H44ClN5O6. The molecule has 52 heavy (non-hydrogen) atoms. The highest BCUT2D eigenvalue weighted by Crippen LogP contribution is 2.36. The molecule has 5 rings (SSSR count). The molecule has 1 aromatic heterocycles. The molecule has 1 unspecified atom stereocenters. The highest BCUT2D eigenvalue weighted by molar-refractivity contribution is 6.34. The number of methoxy groups -OCH3 is 1. The monoisotopic (exact) mass is 725 g/mol. The minimum atomic E-state index is -1.06. The van der Waals surface area contributed by atoms with Crippen LogP contribution in [0.4, 0.5) is 4.79 Å². The van der Waals surface area contributed by atoms with Gasteiger partial charge in [0.05, 0.1) is 41.4 Å². The Morgan fingerprint density at radius 2 is 1.65 bits per heavy atom. The third kappa shape index (κ3) is 10.1. The molecule has 4 aromatic rings. The lowest BCUT2D eigenvalue weighted by atomic mass is 9.91. The van der Waals surface area contributed by atoms with E-state index in [-0.39, 0.29) is 41.0 Å². The first-order valence-corrected chi connectivity index (χ1v) is 17.8. The zero-order chi connectivity index (χ0) is 37.2. The van der Waals surface area contributed by atoms with E-state index in [4.69, 9.17) is 25.9 Å². The Morgan fingerprint density at radius 3 is 2.29 bits per heavy atom. The van der Waals surface area contributed by atoms with Gasteiger partial charge in [-0.05, 0) is 93.8 Å². The van der Waals surface area contributed by atoms with Gasteiger partial charge < -0.3 is 35.5 Å². The Hall–Kier alpha value is -5.31. The van der Waals surface area contributed by atoms with Crippen LogP contribution in [-0.2, 0) is 17.8 Å². The molecule has 12 heteroatoms. The number of hydrogen-bond acceptors (Lipinski definition) is 7. The smallest absolute Gasteiger partial charge is 0.404 e. The number of nitriles is 1. The van der Waals surface area contributed by atoms with Crippen LogP contribution in [0.3, 0.4) is 0 Å². The summed E-state index contributed by atoms with van der Waals surface area (Å²) in [4.78, 5) is 38.6. The molecule has 0 aliphatic heterocycles. The van der Waals surface area contributed by atoms with Gasteiger partial charge in [-0.15, -0.1) is 0 Å². The average molecular weight is 726 g/mol. The second-order valence-corrected chi connectivity index (χ2v) is 13.6. The first kappa shape index (κ1) is 37.9. The summed E-state index contributed by atoms with van der Waals surface area (Å²) in [6.07, 6.45) is 2.09. The van der Waals surface area contributed by atoms with Crippen molar-refractivity contribution in [3.8, 4) is 23.1 Å². The number of aryl methyl sites for hydroxylation is 2. The van der Waals surface area contributed by atoms with Crippen LogP contribution < -0.4 is 26.0 Å². The number of furan rings is 1. The van der Waals surface area contributed by atoms with E-state index in [2.05, 4.69) is 65.4 Å². The van der Waals surface area contributed by atoms with Crippen molar-refractivity contribution in [3.63, 3.8) is 0 Å². The molecule has 0 radical (unpaired) electrons. The number of amides is 3. The fourth-order valence-corrected chi connectivity index (χ4v) is 6.59. The van der Waals surface area contributed by atoms with Crippen molar-refractivity contribution >= 4 is 29.5 Å². The number of hydrogen-bond donors (Lipinski definition) is 5. The van der Waals surface area contributed by atoms with Crippen molar-refractivity contribution in [3.05, 3.63) is 111 Å². The first-order chi connectivity index (χ1) is 25.0. The van der Waals surface area contributed by atoms with Gasteiger partial charge >= 0.3 is 6.09 Å². The van der Waals surface area contributed by atoms with Crippen molar-refractivity contribution in [1.29, 1.82) is 5.26 Å². The molecule has 5 N–H and O–H groups in total. The van der Waals surface area contributed by atoms with Crippen molar-refractivity contribution in [1.82, 2.24) is 21.3 Å². The maximum atomic E-state index is 13.9. The van der Waals surface area contributed by atoms with Crippen molar-refractivity contribution < 1.29 is 28.6 Å². The second-order valence-electron chi connectivity index (χ2n) is 13.2. The number of carboxylic acid groups (broad SMARTS) is 1. The summed E-state index contributed by atoms with van der Waals surface area (Å²) in [5.41, 5.74) is 4.48. The molecule has 1 aliphatic carbocycles. The predicted molar refractivity (Wildman–Crippen MR) is 198 cm³/mol. The van der Waals surface area contributed by atoms with Crippen LogP contribution in [0, 0.1) is 18.3 Å². The van der Waals surface area contributed by atoms with Crippen LogP contribution in [0.1, 0.15) is 83.4 Å². The van der Waals surface area contributed by atoms with Gasteiger partial charge in [0, 0.05) is 24.2 Å². The molecule has 1 aliphatic rings. The van der Waals surface area contributed by atoms with Crippen LogP contribution >= 0.6 is 11.6 Å². The Labute approximate surface area is 308 Å². The third-order valence-corrected chi connectivity index (χ3v) is 9.76. The zero-order valence-corrected chi connectivity index (χ0v) is 30.3. The summed E-state index contributed by atoms with van der Waals surface area (Å²) in [7, 11) is 1.51. The number of carbonyl (C=O) groups is 3. The number of carbonyl (C=O) groups excluding carboxylic acids is 2. The van der Waals surface area contributed by atoms with Crippen LogP contribution in [0.15, 0.2) is 77.2 Å². The number of rotatable bonds is 14. The molecule has 1 heterocycles. The van der Waals surface area contributed by atoms with Gasteiger partial charge in [-0.3, -0.25) is 9.59 Å². The van der Waals surface area contributed by atoms with E-state index in [0.717, 1.165) is 11.1 Å². The van der Waals surface area contributed by atoms with Crippen LogP contribution in [-0.4, -0.2) is 48.2 Å². The summed E-state index contributed by atoms with van der Waals surface area (Å²) >= 11 is 6.63. The summed E-state index contributed by atoms with van der Waals surface area (Å²) in [6.45, 7) is 4.62. The predicted octanol–water partition coefficient (Wildman–Crippen LogP) is 7.07. The normalized spacial score (nSPS) is 16.6. The lowest BCUT2D eigenvalue weighted by molar-refractivity contribution is -0.124. The standard InChI is InChI=1S/C40H44ClN5O6/c1-24-4-11-28(12-5-24)25(2)43-23-31-17-19-36(52-31)33-20-32(34(41)21-37(33)51-3)38(47)46-35(18-10-26-6-8-27(22-42)9-7-26)39(48)44-29-13-15-30(16-14-29)45-40(49)50/h4-9,11-12,17,19-21,25,29-30,35,43,45H,10,13-16,18,23H2,1-3H3,(H,44,48)(H,46,47)(H,49,50)/t25-,29?,30?,35?/m1/s1.